The van der Waals surface area contributed by atoms with Gasteiger partial charge in [-0.05, 0) is 27.7 Å². The fourth-order valence-electron chi connectivity index (χ4n) is 2.93. The summed E-state index contributed by atoms with van der Waals surface area (Å²) in [6, 6.07) is 0. The lowest BCUT2D eigenvalue weighted by Gasteiger charge is -2.16. The van der Waals surface area contributed by atoms with Crippen molar-refractivity contribution in [1.29, 1.82) is 0 Å². The van der Waals surface area contributed by atoms with Crippen molar-refractivity contribution in [1.82, 2.24) is 14.7 Å². The van der Waals surface area contributed by atoms with E-state index >= 15 is 0 Å². The Balaban J connectivity index is 2.07. The minimum absolute atomic E-state index is 0.0540. The van der Waals surface area contributed by atoms with Crippen molar-refractivity contribution in [3.63, 3.8) is 0 Å². The van der Waals surface area contributed by atoms with Gasteiger partial charge in [0.15, 0.2) is 5.78 Å². The molecule has 1 saturated heterocycles. The number of aromatic nitrogens is 2. The molecule has 0 unspecified atom stereocenters. The van der Waals surface area contributed by atoms with E-state index in [0.29, 0.717) is 30.1 Å². The topological polar surface area (TPSA) is 84.7 Å². The summed E-state index contributed by atoms with van der Waals surface area (Å²) in [5.74, 6) is -0.191. The predicted octanol–water partition coefficient (Wildman–Crippen LogP) is 0.311. The third-order valence-electron chi connectivity index (χ3n) is 3.99. The quantitative estimate of drug-likeness (QED) is 0.791. The highest BCUT2D eigenvalue weighted by atomic mass is 16.5. The predicted molar refractivity (Wildman–Crippen MR) is 79.7 cm³/mol. The molecule has 2 rings (SSSR count). The van der Waals surface area contributed by atoms with Crippen LogP contribution >= 0.6 is 0 Å². The van der Waals surface area contributed by atoms with E-state index in [1.165, 1.54) is 6.92 Å². The van der Waals surface area contributed by atoms with Crippen LogP contribution in [0.1, 0.15) is 35.6 Å². The second kappa shape index (κ2) is 6.58. The molecule has 1 amide bonds. The number of likely N-dealkylation sites (tertiary alicyclic amines) is 1. The largest absolute Gasteiger partial charge is 0.388 e. The van der Waals surface area contributed by atoms with E-state index in [0.717, 1.165) is 0 Å². The number of rotatable bonds is 5. The van der Waals surface area contributed by atoms with Crippen LogP contribution < -0.4 is 0 Å². The zero-order valence-electron chi connectivity index (χ0n) is 13.5. The molecule has 2 atom stereocenters. The molecule has 2 heterocycles. The molecule has 1 N–H and O–H groups in total. The van der Waals surface area contributed by atoms with E-state index in [1.807, 2.05) is 6.92 Å². The fourth-order valence-corrected chi connectivity index (χ4v) is 2.93. The number of hydrogen-bond acceptors (Lipinski definition) is 5. The molecule has 7 nitrogen and oxygen atoms in total. The van der Waals surface area contributed by atoms with Gasteiger partial charge in [0.05, 0.1) is 17.4 Å². The van der Waals surface area contributed by atoms with E-state index in [9.17, 15) is 14.7 Å². The Labute approximate surface area is 129 Å². The number of nitrogens with zero attached hydrogens (tertiary/aromatic N) is 3. The molecule has 22 heavy (non-hydrogen) atoms. The second-order valence-electron chi connectivity index (χ2n) is 5.62. The Morgan fingerprint density at radius 1 is 1.36 bits per heavy atom. The summed E-state index contributed by atoms with van der Waals surface area (Å²) in [4.78, 5) is 25.5. The van der Waals surface area contributed by atoms with Gasteiger partial charge in [-0.15, -0.1) is 0 Å². The van der Waals surface area contributed by atoms with Crippen LogP contribution in [0.25, 0.3) is 0 Å². The number of aryl methyl sites for hydroxylation is 1. The molecular weight excluding hydrogens is 286 g/mol. The molecule has 0 aliphatic carbocycles. The highest BCUT2D eigenvalue weighted by molar-refractivity contribution is 5.96. The maximum Gasteiger partial charge on any atom is 0.244 e. The standard InChI is InChI=1S/C15H23N3O4/c1-5-22-13-7-17(6-12(13)20)14(21)8-18-10(3)15(11(4)19)9(2)16-18/h12-13,20H,5-8H2,1-4H3/t12-,13-/m0/s1. The Morgan fingerprint density at radius 3 is 2.59 bits per heavy atom. The SMILES string of the molecule is CCO[C@H]1CN(C(=O)Cn2nc(C)c(C(C)=O)c2C)C[C@@H]1O. The number of carbonyl (C=O) groups excluding carboxylic acids is 2. The van der Waals surface area contributed by atoms with Gasteiger partial charge >= 0.3 is 0 Å². The van der Waals surface area contributed by atoms with Crippen LogP contribution in [0.2, 0.25) is 0 Å². The van der Waals surface area contributed by atoms with Gasteiger partial charge in [0.1, 0.15) is 12.6 Å². The first kappa shape index (κ1) is 16.6. The maximum atomic E-state index is 12.4. The molecule has 1 fully saturated rings. The third kappa shape index (κ3) is 3.20. The van der Waals surface area contributed by atoms with Crippen LogP contribution in [-0.4, -0.2) is 63.4 Å². The summed E-state index contributed by atoms with van der Waals surface area (Å²) < 4.78 is 6.96. The van der Waals surface area contributed by atoms with Gasteiger partial charge in [-0.3, -0.25) is 14.3 Å². The smallest absolute Gasteiger partial charge is 0.244 e. The van der Waals surface area contributed by atoms with Crippen LogP contribution in [-0.2, 0) is 16.1 Å². The summed E-state index contributed by atoms with van der Waals surface area (Å²) >= 11 is 0. The van der Waals surface area contributed by atoms with Crippen molar-refractivity contribution in [2.45, 2.75) is 46.4 Å². The Morgan fingerprint density at radius 2 is 2.05 bits per heavy atom. The highest BCUT2D eigenvalue weighted by Gasteiger charge is 2.34. The van der Waals surface area contributed by atoms with Crippen molar-refractivity contribution in [2.75, 3.05) is 19.7 Å². The fraction of sp³-hybridized carbons (Fsp3) is 0.667. The van der Waals surface area contributed by atoms with Crippen molar-refractivity contribution >= 4 is 11.7 Å². The molecule has 7 heteroatoms. The van der Waals surface area contributed by atoms with Gasteiger partial charge in [0, 0.05) is 25.4 Å². The summed E-state index contributed by atoms with van der Waals surface area (Å²) in [6.45, 7) is 8.11. The number of carbonyl (C=O) groups is 2. The van der Waals surface area contributed by atoms with Gasteiger partial charge in [-0.25, -0.2) is 0 Å². The first-order valence-electron chi connectivity index (χ1n) is 7.47. The number of ketones is 1. The Kier molecular flexibility index (Phi) is 4.97. The molecule has 0 spiro atoms. The highest BCUT2D eigenvalue weighted by Crippen LogP contribution is 2.17. The average molecular weight is 309 g/mol. The van der Waals surface area contributed by atoms with Gasteiger partial charge in [-0.1, -0.05) is 0 Å². The number of aliphatic hydroxyl groups is 1. The molecular formula is C15H23N3O4. The Hall–Kier alpha value is -1.73. The van der Waals surface area contributed by atoms with E-state index in [4.69, 9.17) is 4.74 Å². The summed E-state index contributed by atoms with van der Waals surface area (Å²) in [7, 11) is 0. The van der Waals surface area contributed by atoms with E-state index in [2.05, 4.69) is 5.10 Å². The molecule has 0 saturated carbocycles. The van der Waals surface area contributed by atoms with E-state index in [-0.39, 0.29) is 30.9 Å². The molecule has 0 bridgehead atoms. The number of hydrogen-bond donors (Lipinski definition) is 1. The van der Waals surface area contributed by atoms with Crippen LogP contribution in [0.15, 0.2) is 0 Å². The number of β-amino-alcohol motifs (C(OH)–C–C–N with tert-alkyl or cyclic N) is 1. The molecule has 1 aromatic heterocycles. The van der Waals surface area contributed by atoms with Crippen LogP contribution in [0, 0.1) is 13.8 Å². The van der Waals surface area contributed by atoms with Crippen LogP contribution in [0.4, 0.5) is 0 Å². The molecule has 1 aliphatic rings. The van der Waals surface area contributed by atoms with E-state index < -0.39 is 6.10 Å². The third-order valence-corrected chi connectivity index (χ3v) is 3.99. The lowest BCUT2D eigenvalue weighted by Crippen LogP contribution is -2.33. The van der Waals surface area contributed by atoms with Crippen molar-refractivity contribution in [3.8, 4) is 0 Å². The number of ether oxygens (including phenoxy) is 1. The van der Waals surface area contributed by atoms with Gasteiger partial charge < -0.3 is 14.7 Å². The molecule has 0 aromatic carbocycles. The van der Waals surface area contributed by atoms with Crippen molar-refractivity contribution in [3.05, 3.63) is 17.0 Å². The van der Waals surface area contributed by atoms with Crippen molar-refractivity contribution < 1.29 is 19.4 Å². The minimum Gasteiger partial charge on any atom is -0.388 e. The number of aliphatic hydroxyl groups excluding tert-OH is 1. The zero-order valence-corrected chi connectivity index (χ0v) is 13.5. The first-order valence-corrected chi connectivity index (χ1v) is 7.47. The van der Waals surface area contributed by atoms with E-state index in [1.54, 1.807) is 23.4 Å². The lowest BCUT2D eigenvalue weighted by atomic mass is 10.1. The normalized spacial score (nSPS) is 21.4. The summed E-state index contributed by atoms with van der Waals surface area (Å²) in [6.07, 6.45) is -0.987. The summed E-state index contributed by atoms with van der Waals surface area (Å²) in [5, 5.41) is 14.2. The molecule has 122 valence electrons. The lowest BCUT2D eigenvalue weighted by molar-refractivity contribution is -0.131. The van der Waals surface area contributed by atoms with Crippen LogP contribution in [0.3, 0.4) is 0 Å². The molecule has 0 radical (unpaired) electrons. The minimum atomic E-state index is -0.655. The summed E-state index contributed by atoms with van der Waals surface area (Å²) in [5.41, 5.74) is 1.90. The number of amides is 1. The zero-order chi connectivity index (χ0) is 16.4. The monoisotopic (exact) mass is 309 g/mol. The Bertz CT molecular complexity index is 582. The van der Waals surface area contributed by atoms with Crippen molar-refractivity contribution in [2.24, 2.45) is 0 Å². The van der Waals surface area contributed by atoms with Gasteiger partial charge in [0.2, 0.25) is 5.91 Å². The average Bonchev–Trinajstić information content (AvgIpc) is 2.92. The maximum absolute atomic E-state index is 12.4. The first-order chi connectivity index (χ1) is 10.3. The molecule has 1 aromatic rings. The molecule has 1 aliphatic heterocycles. The number of Topliss-reactive ketones (excluding diaryl/α,β-unsaturated/α-hetero) is 1. The second-order valence-corrected chi connectivity index (χ2v) is 5.62. The van der Waals surface area contributed by atoms with Gasteiger partial charge in [-0.2, -0.15) is 5.10 Å². The van der Waals surface area contributed by atoms with Crippen LogP contribution in [0.5, 0.6) is 0 Å². The van der Waals surface area contributed by atoms with Gasteiger partial charge in [0.25, 0.3) is 0 Å².